The SMILES string of the molecule is c1nc2nc(-c3ccsc3)nc(N3CCOCC3)c2[nH]1. The summed E-state index contributed by atoms with van der Waals surface area (Å²) in [5, 5.41) is 4.08. The third-order valence-electron chi connectivity index (χ3n) is 3.36. The van der Waals surface area contributed by atoms with Crippen molar-refractivity contribution in [2.75, 3.05) is 31.2 Å². The van der Waals surface area contributed by atoms with Crippen molar-refractivity contribution in [1.82, 2.24) is 19.9 Å². The van der Waals surface area contributed by atoms with E-state index in [9.17, 15) is 0 Å². The lowest BCUT2D eigenvalue weighted by Crippen LogP contribution is -2.37. The van der Waals surface area contributed by atoms with Crippen molar-refractivity contribution in [3.05, 3.63) is 23.2 Å². The minimum absolute atomic E-state index is 0.711. The van der Waals surface area contributed by atoms with Gasteiger partial charge in [0, 0.05) is 24.0 Å². The van der Waals surface area contributed by atoms with Crippen LogP contribution in [0.3, 0.4) is 0 Å². The molecular formula is C13H13N5OS. The summed E-state index contributed by atoms with van der Waals surface area (Å²) < 4.78 is 5.41. The van der Waals surface area contributed by atoms with Crippen molar-refractivity contribution in [2.45, 2.75) is 0 Å². The van der Waals surface area contributed by atoms with Crippen molar-refractivity contribution in [1.29, 1.82) is 0 Å². The Morgan fingerprint density at radius 1 is 1.25 bits per heavy atom. The number of anilines is 1. The lowest BCUT2D eigenvalue weighted by atomic mass is 10.3. The fourth-order valence-electron chi connectivity index (χ4n) is 2.34. The van der Waals surface area contributed by atoms with Crippen LogP contribution in [-0.2, 0) is 4.74 Å². The van der Waals surface area contributed by atoms with E-state index in [2.05, 4.69) is 25.2 Å². The van der Waals surface area contributed by atoms with Gasteiger partial charge in [0.25, 0.3) is 0 Å². The lowest BCUT2D eigenvalue weighted by molar-refractivity contribution is 0.122. The van der Waals surface area contributed by atoms with Gasteiger partial charge in [0.2, 0.25) is 0 Å². The smallest absolute Gasteiger partial charge is 0.183 e. The Balaban J connectivity index is 1.86. The number of fused-ring (bicyclic) bond motifs is 1. The van der Waals surface area contributed by atoms with Gasteiger partial charge in [0.1, 0.15) is 5.52 Å². The molecule has 1 aliphatic rings. The molecule has 0 atom stereocenters. The minimum Gasteiger partial charge on any atom is -0.378 e. The number of morpholine rings is 1. The second-order valence-corrected chi connectivity index (χ2v) is 5.36. The molecule has 4 heterocycles. The van der Waals surface area contributed by atoms with Crippen LogP contribution in [0.4, 0.5) is 5.82 Å². The van der Waals surface area contributed by atoms with E-state index in [1.807, 2.05) is 11.4 Å². The van der Waals surface area contributed by atoms with Crippen LogP contribution in [-0.4, -0.2) is 46.2 Å². The first-order valence-corrected chi connectivity index (χ1v) is 7.42. The van der Waals surface area contributed by atoms with Crippen LogP contribution in [0.15, 0.2) is 23.2 Å². The number of hydrogen-bond acceptors (Lipinski definition) is 6. The van der Waals surface area contributed by atoms with Crippen molar-refractivity contribution in [2.24, 2.45) is 0 Å². The monoisotopic (exact) mass is 287 g/mol. The van der Waals surface area contributed by atoms with E-state index in [1.54, 1.807) is 17.7 Å². The zero-order valence-corrected chi connectivity index (χ0v) is 11.6. The summed E-state index contributed by atoms with van der Waals surface area (Å²) in [6, 6.07) is 2.03. The van der Waals surface area contributed by atoms with Crippen LogP contribution in [0, 0.1) is 0 Å². The summed E-state index contributed by atoms with van der Waals surface area (Å²) in [5.74, 6) is 1.64. The van der Waals surface area contributed by atoms with Gasteiger partial charge < -0.3 is 14.6 Å². The quantitative estimate of drug-likeness (QED) is 0.780. The molecule has 0 aromatic carbocycles. The molecule has 0 saturated carbocycles. The largest absolute Gasteiger partial charge is 0.378 e. The first-order valence-electron chi connectivity index (χ1n) is 6.48. The maximum Gasteiger partial charge on any atom is 0.183 e. The second-order valence-electron chi connectivity index (χ2n) is 4.58. The second kappa shape index (κ2) is 4.84. The highest BCUT2D eigenvalue weighted by molar-refractivity contribution is 7.08. The Morgan fingerprint density at radius 3 is 2.95 bits per heavy atom. The van der Waals surface area contributed by atoms with E-state index in [4.69, 9.17) is 9.72 Å². The molecule has 3 aromatic heterocycles. The van der Waals surface area contributed by atoms with Gasteiger partial charge in [-0.3, -0.25) is 0 Å². The van der Waals surface area contributed by atoms with Gasteiger partial charge in [-0.25, -0.2) is 15.0 Å². The van der Waals surface area contributed by atoms with E-state index in [0.29, 0.717) is 5.65 Å². The topological polar surface area (TPSA) is 66.9 Å². The van der Waals surface area contributed by atoms with Crippen molar-refractivity contribution >= 4 is 28.3 Å². The molecule has 0 radical (unpaired) electrons. The molecular weight excluding hydrogens is 274 g/mol. The number of imidazole rings is 1. The van der Waals surface area contributed by atoms with E-state index >= 15 is 0 Å². The Bertz CT molecular complexity index is 718. The van der Waals surface area contributed by atoms with Crippen LogP contribution in [0.5, 0.6) is 0 Å². The predicted molar refractivity (Wildman–Crippen MR) is 78.0 cm³/mol. The summed E-state index contributed by atoms with van der Waals surface area (Å²) in [7, 11) is 0. The van der Waals surface area contributed by atoms with Gasteiger partial charge in [-0.15, -0.1) is 0 Å². The minimum atomic E-state index is 0.711. The molecule has 4 rings (SSSR count). The first-order chi connectivity index (χ1) is 9.92. The number of ether oxygens (including phenoxy) is 1. The highest BCUT2D eigenvalue weighted by Crippen LogP contribution is 2.26. The van der Waals surface area contributed by atoms with Crippen LogP contribution < -0.4 is 4.90 Å². The highest BCUT2D eigenvalue weighted by Gasteiger charge is 2.19. The van der Waals surface area contributed by atoms with Crippen molar-refractivity contribution in [3.8, 4) is 11.4 Å². The molecule has 102 valence electrons. The molecule has 0 amide bonds. The van der Waals surface area contributed by atoms with Gasteiger partial charge in [-0.1, -0.05) is 0 Å². The van der Waals surface area contributed by atoms with Gasteiger partial charge in [0.05, 0.1) is 19.5 Å². The number of nitrogens with zero attached hydrogens (tertiary/aromatic N) is 4. The molecule has 3 aromatic rings. The summed E-state index contributed by atoms with van der Waals surface area (Å²) >= 11 is 1.64. The summed E-state index contributed by atoms with van der Waals surface area (Å²) in [5.41, 5.74) is 2.64. The molecule has 0 spiro atoms. The van der Waals surface area contributed by atoms with Crippen LogP contribution in [0.1, 0.15) is 0 Å². The standard InChI is InChI=1S/C13H13N5OS/c1-6-20-7-9(1)11-16-12-10(14-8-15-12)13(17-11)18-2-4-19-5-3-18/h1,6-8H,2-5H2,(H,14,15,16,17). The van der Waals surface area contributed by atoms with E-state index in [-0.39, 0.29) is 0 Å². The zero-order chi connectivity index (χ0) is 13.4. The average molecular weight is 287 g/mol. The van der Waals surface area contributed by atoms with Gasteiger partial charge >= 0.3 is 0 Å². The van der Waals surface area contributed by atoms with E-state index in [0.717, 1.165) is 49.0 Å². The number of rotatable bonds is 2. The molecule has 1 N–H and O–H groups in total. The number of thiophene rings is 1. The molecule has 1 aliphatic heterocycles. The average Bonchev–Trinajstić information content (AvgIpc) is 3.18. The molecule has 0 bridgehead atoms. The fraction of sp³-hybridized carbons (Fsp3) is 0.308. The molecule has 1 fully saturated rings. The molecule has 7 heteroatoms. The van der Waals surface area contributed by atoms with Crippen molar-refractivity contribution < 1.29 is 4.74 Å². The summed E-state index contributed by atoms with van der Waals surface area (Å²) in [4.78, 5) is 18.9. The number of H-pyrrole nitrogens is 1. The molecule has 20 heavy (non-hydrogen) atoms. The maximum atomic E-state index is 5.41. The Labute approximate surface area is 119 Å². The van der Waals surface area contributed by atoms with Crippen LogP contribution >= 0.6 is 11.3 Å². The molecule has 0 aliphatic carbocycles. The van der Waals surface area contributed by atoms with Crippen LogP contribution in [0.2, 0.25) is 0 Å². The number of hydrogen-bond donors (Lipinski definition) is 1. The number of nitrogens with one attached hydrogen (secondary N) is 1. The molecule has 0 unspecified atom stereocenters. The van der Waals surface area contributed by atoms with Crippen LogP contribution in [0.25, 0.3) is 22.6 Å². The molecule has 6 nitrogen and oxygen atoms in total. The Morgan fingerprint density at radius 2 is 2.15 bits per heavy atom. The Hall–Kier alpha value is -1.99. The lowest BCUT2D eigenvalue weighted by Gasteiger charge is -2.28. The number of aromatic amines is 1. The van der Waals surface area contributed by atoms with E-state index in [1.165, 1.54) is 0 Å². The zero-order valence-electron chi connectivity index (χ0n) is 10.7. The van der Waals surface area contributed by atoms with Crippen molar-refractivity contribution in [3.63, 3.8) is 0 Å². The van der Waals surface area contributed by atoms with Gasteiger partial charge in [0.15, 0.2) is 17.3 Å². The van der Waals surface area contributed by atoms with E-state index < -0.39 is 0 Å². The predicted octanol–water partition coefficient (Wildman–Crippen LogP) is 1.92. The third-order valence-corrected chi connectivity index (χ3v) is 4.04. The highest BCUT2D eigenvalue weighted by atomic mass is 32.1. The Kier molecular flexibility index (Phi) is 2.86. The number of aromatic nitrogens is 4. The third kappa shape index (κ3) is 1.95. The molecule has 1 saturated heterocycles. The maximum absolute atomic E-state index is 5.41. The summed E-state index contributed by atoms with van der Waals surface area (Å²) in [6.45, 7) is 3.14. The fourth-order valence-corrected chi connectivity index (χ4v) is 2.98. The summed E-state index contributed by atoms with van der Waals surface area (Å²) in [6.07, 6.45) is 1.67. The van der Waals surface area contributed by atoms with Gasteiger partial charge in [-0.2, -0.15) is 11.3 Å². The first kappa shape index (κ1) is 11.8. The normalized spacial score (nSPS) is 15.9. The van der Waals surface area contributed by atoms with Gasteiger partial charge in [-0.05, 0) is 11.4 Å².